The minimum Gasteiger partial charge on any atom is -0.289 e. The van der Waals surface area contributed by atoms with Crippen LogP contribution in [0.3, 0.4) is 0 Å². The zero-order valence-corrected chi connectivity index (χ0v) is 9.55. The molecule has 1 aromatic heterocycles. The Morgan fingerprint density at radius 3 is 2.88 bits per heavy atom. The Balaban J connectivity index is 2.26. The van der Waals surface area contributed by atoms with Crippen molar-refractivity contribution in [2.75, 3.05) is 5.32 Å². The summed E-state index contributed by atoms with van der Waals surface area (Å²) in [4.78, 5) is 15.6. The van der Waals surface area contributed by atoms with Crippen molar-refractivity contribution in [3.63, 3.8) is 0 Å². The Hall–Kier alpha value is -1.95. The Morgan fingerprint density at radius 1 is 1.53 bits per heavy atom. The topological polar surface area (TPSA) is 70.7 Å². The molecule has 0 bridgehead atoms. The molecule has 0 aliphatic rings. The predicted molar refractivity (Wildman–Crippen MR) is 60.5 cm³/mol. The maximum Gasteiger partial charge on any atom is 0.262 e. The molecule has 2 N–H and O–H groups in total. The average molecular weight is 255 g/mol. The van der Waals surface area contributed by atoms with Gasteiger partial charge in [-0.3, -0.25) is 15.2 Å². The molecule has 0 atom stereocenters. The van der Waals surface area contributed by atoms with Crippen molar-refractivity contribution in [1.82, 2.24) is 15.2 Å². The summed E-state index contributed by atoms with van der Waals surface area (Å²) in [5.41, 5.74) is -0.225. The van der Waals surface area contributed by atoms with E-state index in [2.05, 4.69) is 20.5 Å². The van der Waals surface area contributed by atoms with Crippen molar-refractivity contribution < 1.29 is 9.18 Å². The molecule has 0 unspecified atom stereocenters. The van der Waals surface area contributed by atoms with Gasteiger partial charge in [-0.15, -0.1) is 5.10 Å². The first-order valence-corrected chi connectivity index (χ1v) is 5.10. The van der Waals surface area contributed by atoms with Gasteiger partial charge in [0.25, 0.3) is 5.91 Å². The molecule has 2 rings (SSSR count). The number of H-pyrrole nitrogens is 1. The number of aromatic nitrogens is 3. The van der Waals surface area contributed by atoms with Gasteiger partial charge in [0.2, 0.25) is 5.95 Å². The second-order valence-electron chi connectivity index (χ2n) is 3.30. The highest BCUT2D eigenvalue weighted by Crippen LogP contribution is 2.19. The molecule has 0 spiro atoms. The van der Waals surface area contributed by atoms with Gasteiger partial charge in [0, 0.05) is 0 Å². The number of hydrogen-bond donors (Lipinski definition) is 2. The quantitative estimate of drug-likeness (QED) is 0.863. The number of aromatic amines is 1. The van der Waals surface area contributed by atoms with Crippen LogP contribution in [0, 0.1) is 12.7 Å². The lowest BCUT2D eigenvalue weighted by atomic mass is 10.2. The van der Waals surface area contributed by atoms with Gasteiger partial charge >= 0.3 is 0 Å². The molecule has 0 saturated carbocycles. The van der Waals surface area contributed by atoms with Gasteiger partial charge in [-0.2, -0.15) is 4.98 Å². The van der Waals surface area contributed by atoms with Crippen molar-refractivity contribution in [2.24, 2.45) is 0 Å². The summed E-state index contributed by atoms with van der Waals surface area (Å²) in [7, 11) is 0. The van der Waals surface area contributed by atoms with Crippen LogP contribution in [0.2, 0.25) is 5.02 Å². The van der Waals surface area contributed by atoms with Crippen LogP contribution in [0.5, 0.6) is 0 Å². The first-order valence-electron chi connectivity index (χ1n) is 4.72. The zero-order chi connectivity index (χ0) is 12.4. The van der Waals surface area contributed by atoms with Crippen LogP contribution in [0.15, 0.2) is 18.2 Å². The third-order valence-corrected chi connectivity index (χ3v) is 2.33. The van der Waals surface area contributed by atoms with Crippen LogP contribution in [0.4, 0.5) is 10.3 Å². The maximum absolute atomic E-state index is 13.4. The van der Waals surface area contributed by atoms with E-state index in [-0.39, 0.29) is 16.5 Å². The smallest absolute Gasteiger partial charge is 0.262 e. The molecule has 5 nitrogen and oxygen atoms in total. The van der Waals surface area contributed by atoms with E-state index < -0.39 is 11.7 Å². The largest absolute Gasteiger partial charge is 0.289 e. The summed E-state index contributed by atoms with van der Waals surface area (Å²) in [5, 5.41) is 8.64. The van der Waals surface area contributed by atoms with Crippen LogP contribution in [0.25, 0.3) is 0 Å². The summed E-state index contributed by atoms with van der Waals surface area (Å²) >= 11 is 5.75. The van der Waals surface area contributed by atoms with Gasteiger partial charge in [0.05, 0.1) is 10.6 Å². The van der Waals surface area contributed by atoms with E-state index >= 15 is 0 Å². The van der Waals surface area contributed by atoms with Gasteiger partial charge in [-0.25, -0.2) is 4.39 Å². The van der Waals surface area contributed by atoms with E-state index in [0.717, 1.165) is 6.07 Å². The first-order chi connectivity index (χ1) is 8.08. The third kappa shape index (κ3) is 2.42. The van der Waals surface area contributed by atoms with Crippen LogP contribution in [-0.4, -0.2) is 21.1 Å². The minimum atomic E-state index is -0.692. The fraction of sp³-hybridized carbons (Fsp3) is 0.100. The van der Waals surface area contributed by atoms with Crippen LogP contribution in [0.1, 0.15) is 16.2 Å². The summed E-state index contributed by atoms with van der Waals surface area (Å²) < 4.78 is 13.4. The number of aryl methyl sites for hydroxylation is 1. The molecule has 0 radical (unpaired) electrons. The summed E-state index contributed by atoms with van der Waals surface area (Å²) in [6.07, 6.45) is 0. The highest BCUT2D eigenvalue weighted by atomic mass is 35.5. The van der Waals surface area contributed by atoms with Crippen LogP contribution >= 0.6 is 11.6 Å². The molecule has 1 aromatic carbocycles. The molecule has 2 aromatic rings. The number of amides is 1. The highest BCUT2D eigenvalue weighted by molar-refractivity contribution is 6.34. The molecule has 1 amide bonds. The van der Waals surface area contributed by atoms with Crippen LogP contribution in [-0.2, 0) is 0 Å². The Kier molecular flexibility index (Phi) is 3.06. The zero-order valence-electron chi connectivity index (χ0n) is 8.79. The lowest BCUT2D eigenvalue weighted by Crippen LogP contribution is -2.15. The number of carbonyl (C=O) groups is 1. The Morgan fingerprint density at radius 2 is 2.29 bits per heavy atom. The molecule has 17 heavy (non-hydrogen) atoms. The molecule has 0 aliphatic heterocycles. The molecule has 1 heterocycles. The van der Waals surface area contributed by atoms with E-state index in [1.54, 1.807) is 6.92 Å². The molecular weight excluding hydrogens is 247 g/mol. The lowest BCUT2D eigenvalue weighted by Gasteiger charge is -2.04. The van der Waals surface area contributed by atoms with Crippen molar-refractivity contribution in [1.29, 1.82) is 0 Å². The monoisotopic (exact) mass is 254 g/mol. The van der Waals surface area contributed by atoms with Crippen molar-refractivity contribution >= 4 is 23.5 Å². The van der Waals surface area contributed by atoms with E-state index in [1.807, 2.05) is 0 Å². The van der Waals surface area contributed by atoms with Crippen molar-refractivity contribution in [2.45, 2.75) is 6.92 Å². The van der Waals surface area contributed by atoms with E-state index in [1.165, 1.54) is 12.1 Å². The maximum atomic E-state index is 13.4. The standard InChI is InChI=1S/C10H8ClFN4O/c1-5-13-10(16-15-5)14-9(17)8-6(11)3-2-4-7(8)12/h2-4H,1H3,(H2,13,14,15,16,17). The second kappa shape index (κ2) is 4.50. The molecular formula is C10H8ClFN4O. The van der Waals surface area contributed by atoms with Crippen molar-refractivity contribution in [3.8, 4) is 0 Å². The molecule has 0 fully saturated rings. The number of anilines is 1. The molecule has 88 valence electrons. The fourth-order valence-corrected chi connectivity index (χ4v) is 1.53. The number of carbonyl (C=O) groups excluding carboxylic acids is 1. The number of nitrogens with one attached hydrogen (secondary N) is 2. The van der Waals surface area contributed by atoms with Gasteiger partial charge in [-0.05, 0) is 19.1 Å². The molecule has 0 saturated heterocycles. The summed E-state index contributed by atoms with van der Waals surface area (Å²) in [6, 6.07) is 4.01. The van der Waals surface area contributed by atoms with Gasteiger partial charge in [0.1, 0.15) is 11.6 Å². The normalized spacial score (nSPS) is 10.3. The minimum absolute atomic E-state index is 0.0368. The van der Waals surface area contributed by atoms with Crippen LogP contribution < -0.4 is 5.32 Å². The number of benzene rings is 1. The Labute approximate surface area is 101 Å². The van der Waals surface area contributed by atoms with E-state index in [9.17, 15) is 9.18 Å². The van der Waals surface area contributed by atoms with E-state index in [4.69, 9.17) is 11.6 Å². The summed E-state index contributed by atoms with van der Waals surface area (Å²) in [5.74, 6) is -0.763. The second-order valence-corrected chi connectivity index (χ2v) is 3.70. The molecule has 7 heteroatoms. The van der Waals surface area contributed by atoms with Gasteiger partial charge in [0.15, 0.2) is 0 Å². The van der Waals surface area contributed by atoms with Gasteiger partial charge in [-0.1, -0.05) is 17.7 Å². The van der Waals surface area contributed by atoms with Gasteiger partial charge < -0.3 is 0 Å². The number of rotatable bonds is 2. The average Bonchev–Trinajstić information content (AvgIpc) is 2.63. The first kappa shape index (κ1) is 11.5. The third-order valence-electron chi connectivity index (χ3n) is 2.01. The van der Waals surface area contributed by atoms with Crippen molar-refractivity contribution in [3.05, 3.63) is 40.4 Å². The summed E-state index contributed by atoms with van der Waals surface area (Å²) in [6.45, 7) is 1.68. The fourth-order valence-electron chi connectivity index (χ4n) is 1.28. The molecule has 0 aliphatic carbocycles. The predicted octanol–water partition coefficient (Wildman–Crippen LogP) is 2.16. The lowest BCUT2D eigenvalue weighted by molar-refractivity contribution is 0.102. The Bertz CT molecular complexity index is 549. The number of halogens is 2. The highest BCUT2D eigenvalue weighted by Gasteiger charge is 2.17. The SMILES string of the molecule is Cc1nc(NC(=O)c2c(F)cccc2Cl)n[nH]1. The number of hydrogen-bond acceptors (Lipinski definition) is 3. The van der Waals surface area contributed by atoms with E-state index in [0.29, 0.717) is 5.82 Å². The number of nitrogens with zero attached hydrogens (tertiary/aromatic N) is 2.